The smallest absolute Gasteiger partial charge is 0.307 e. The Kier molecular flexibility index (Phi) is 4.89. The number of esters is 1. The first-order chi connectivity index (χ1) is 9.61. The molecule has 7 heteroatoms. The van der Waals surface area contributed by atoms with Gasteiger partial charge in [0.1, 0.15) is 10.8 Å². The number of rotatable bonds is 3. The summed E-state index contributed by atoms with van der Waals surface area (Å²) in [5.41, 5.74) is 0.242. The molecule has 2 heterocycles. The number of halogens is 1. The maximum absolute atomic E-state index is 12.4. The Labute approximate surface area is 122 Å². The number of piperidine rings is 1. The molecule has 1 saturated heterocycles. The summed E-state index contributed by atoms with van der Waals surface area (Å²) in [6.07, 6.45) is 5.62. The van der Waals surface area contributed by atoms with E-state index in [0.29, 0.717) is 6.54 Å². The second kappa shape index (κ2) is 6.65. The lowest BCUT2D eigenvalue weighted by atomic mass is 9.99. The van der Waals surface area contributed by atoms with E-state index in [2.05, 4.69) is 14.7 Å². The van der Waals surface area contributed by atoms with Crippen LogP contribution in [0.4, 0.5) is 0 Å². The molecule has 1 aromatic heterocycles. The van der Waals surface area contributed by atoms with Gasteiger partial charge in [-0.15, -0.1) is 0 Å². The van der Waals surface area contributed by atoms with Crippen LogP contribution < -0.4 is 0 Å². The molecule has 0 aliphatic carbocycles. The molecule has 0 bridgehead atoms. The van der Waals surface area contributed by atoms with Gasteiger partial charge in [0.15, 0.2) is 0 Å². The SMILES string of the molecule is COC(=O)CC1CCCCN1C(=O)c1cnc(Cl)cn1. The summed E-state index contributed by atoms with van der Waals surface area (Å²) >= 11 is 5.66. The van der Waals surface area contributed by atoms with Crippen LogP contribution in [0.5, 0.6) is 0 Å². The topological polar surface area (TPSA) is 72.4 Å². The van der Waals surface area contributed by atoms with Crippen LogP contribution in [0.15, 0.2) is 12.4 Å². The molecule has 20 heavy (non-hydrogen) atoms. The molecule has 1 unspecified atom stereocenters. The fourth-order valence-electron chi connectivity index (χ4n) is 2.33. The van der Waals surface area contributed by atoms with Gasteiger partial charge in [-0.05, 0) is 19.3 Å². The van der Waals surface area contributed by atoms with Gasteiger partial charge in [0, 0.05) is 12.6 Å². The largest absolute Gasteiger partial charge is 0.469 e. The lowest BCUT2D eigenvalue weighted by molar-refractivity contribution is -0.142. The Morgan fingerprint density at radius 2 is 2.20 bits per heavy atom. The van der Waals surface area contributed by atoms with Crippen LogP contribution in [-0.2, 0) is 9.53 Å². The van der Waals surface area contributed by atoms with Gasteiger partial charge in [-0.25, -0.2) is 9.97 Å². The fourth-order valence-corrected chi connectivity index (χ4v) is 2.42. The minimum Gasteiger partial charge on any atom is -0.469 e. The first-order valence-electron chi connectivity index (χ1n) is 6.47. The van der Waals surface area contributed by atoms with Crippen LogP contribution in [0, 0.1) is 0 Å². The molecule has 1 fully saturated rings. The van der Waals surface area contributed by atoms with E-state index < -0.39 is 0 Å². The number of hydrogen-bond donors (Lipinski definition) is 0. The van der Waals surface area contributed by atoms with Crippen LogP contribution in [0.2, 0.25) is 5.15 Å². The number of likely N-dealkylation sites (tertiary alicyclic amines) is 1. The van der Waals surface area contributed by atoms with E-state index >= 15 is 0 Å². The number of ether oxygens (including phenoxy) is 1. The maximum Gasteiger partial charge on any atom is 0.307 e. The normalized spacial score (nSPS) is 18.7. The molecule has 1 amide bonds. The monoisotopic (exact) mass is 297 g/mol. The van der Waals surface area contributed by atoms with Crippen LogP contribution in [0.25, 0.3) is 0 Å². The summed E-state index contributed by atoms with van der Waals surface area (Å²) in [6.45, 7) is 0.616. The highest BCUT2D eigenvalue weighted by Gasteiger charge is 2.30. The van der Waals surface area contributed by atoms with Gasteiger partial charge < -0.3 is 9.64 Å². The molecular weight excluding hydrogens is 282 g/mol. The number of aromatic nitrogens is 2. The van der Waals surface area contributed by atoms with Gasteiger partial charge in [-0.3, -0.25) is 9.59 Å². The minimum absolute atomic E-state index is 0.138. The van der Waals surface area contributed by atoms with E-state index in [9.17, 15) is 9.59 Å². The Balaban J connectivity index is 2.12. The number of nitrogens with zero attached hydrogens (tertiary/aromatic N) is 3. The van der Waals surface area contributed by atoms with E-state index in [0.717, 1.165) is 19.3 Å². The van der Waals surface area contributed by atoms with Crippen molar-refractivity contribution >= 4 is 23.5 Å². The van der Waals surface area contributed by atoms with Gasteiger partial charge in [-0.2, -0.15) is 0 Å². The first kappa shape index (κ1) is 14.7. The molecule has 1 atom stereocenters. The van der Waals surface area contributed by atoms with E-state index in [-0.39, 0.29) is 35.2 Å². The van der Waals surface area contributed by atoms with Crippen LogP contribution in [-0.4, -0.2) is 46.4 Å². The molecule has 0 spiro atoms. The Morgan fingerprint density at radius 1 is 1.40 bits per heavy atom. The molecule has 0 aromatic carbocycles. The van der Waals surface area contributed by atoms with Gasteiger partial charge in [0.2, 0.25) is 0 Å². The minimum atomic E-state index is -0.308. The van der Waals surface area contributed by atoms with Crippen molar-refractivity contribution in [2.75, 3.05) is 13.7 Å². The van der Waals surface area contributed by atoms with Gasteiger partial charge in [0.25, 0.3) is 5.91 Å². The fraction of sp³-hybridized carbons (Fsp3) is 0.538. The zero-order chi connectivity index (χ0) is 14.5. The number of amides is 1. The second-order valence-electron chi connectivity index (χ2n) is 4.65. The van der Waals surface area contributed by atoms with Crippen molar-refractivity contribution in [3.8, 4) is 0 Å². The summed E-state index contributed by atoms with van der Waals surface area (Å²) in [4.78, 5) is 33.4. The molecule has 6 nitrogen and oxygen atoms in total. The maximum atomic E-state index is 12.4. The molecule has 2 rings (SSSR count). The van der Waals surface area contributed by atoms with Crippen LogP contribution >= 0.6 is 11.6 Å². The van der Waals surface area contributed by atoms with Crippen molar-refractivity contribution in [3.05, 3.63) is 23.2 Å². The predicted octanol–water partition coefficient (Wildman–Crippen LogP) is 1.69. The van der Waals surface area contributed by atoms with E-state index in [1.807, 2.05) is 0 Å². The van der Waals surface area contributed by atoms with Gasteiger partial charge in [-0.1, -0.05) is 11.6 Å². The summed E-state index contributed by atoms with van der Waals surface area (Å²) in [6, 6.07) is -0.138. The van der Waals surface area contributed by atoms with Crippen molar-refractivity contribution < 1.29 is 14.3 Å². The lowest BCUT2D eigenvalue weighted by Gasteiger charge is -2.34. The van der Waals surface area contributed by atoms with E-state index in [1.54, 1.807) is 4.90 Å². The third-order valence-corrected chi connectivity index (χ3v) is 3.55. The molecule has 1 aliphatic rings. The summed E-state index contributed by atoms with van der Waals surface area (Å²) in [7, 11) is 1.35. The van der Waals surface area contributed by atoms with Gasteiger partial charge >= 0.3 is 5.97 Å². The van der Waals surface area contributed by atoms with Crippen molar-refractivity contribution in [2.24, 2.45) is 0 Å². The number of carbonyl (C=O) groups excluding carboxylic acids is 2. The molecule has 0 N–H and O–H groups in total. The molecule has 0 saturated carbocycles. The Hall–Kier alpha value is -1.69. The average molecular weight is 298 g/mol. The molecular formula is C13H16ClN3O3. The summed E-state index contributed by atoms with van der Waals surface area (Å²) < 4.78 is 4.68. The van der Waals surface area contributed by atoms with Crippen molar-refractivity contribution in [3.63, 3.8) is 0 Å². The Bertz CT molecular complexity index is 492. The van der Waals surface area contributed by atoms with Crippen LogP contribution in [0.1, 0.15) is 36.2 Å². The highest BCUT2D eigenvalue weighted by atomic mass is 35.5. The zero-order valence-corrected chi connectivity index (χ0v) is 12.0. The molecule has 1 aromatic rings. The first-order valence-corrected chi connectivity index (χ1v) is 6.85. The van der Waals surface area contributed by atoms with E-state index in [4.69, 9.17) is 11.6 Å². The van der Waals surface area contributed by atoms with E-state index in [1.165, 1.54) is 19.5 Å². The lowest BCUT2D eigenvalue weighted by Crippen LogP contribution is -2.45. The third kappa shape index (κ3) is 3.45. The van der Waals surface area contributed by atoms with Crippen molar-refractivity contribution in [1.29, 1.82) is 0 Å². The quantitative estimate of drug-likeness (QED) is 0.794. The Morgan fingerprint density at radius 3 is 2.85 bits per heavy atom. The second-order valence-corrected chi connectivity index (χ2v) is 5.04. The van der Waals surface area contributed by atoms with Crippen molar-refractivity contribution in [2.45, 2.75) is 31.7 Å². The van der Waals surface area contributed by atoms with Gasteiger partial charge in [0.05, 0.1) is 25.9 Å². The van der Waals surface area contributed by atoms with Crippen LogP contribution in [0.3, 0.4) is 0 Å². The standard InChI is InChI=1S/C13H16ClN3O3/c1-20-12(18)6-9-4-2-3-5-17(9)13(19)10-7-16-11(14)8-15-10/h7-9H,2-6H2,1H3. The number of methoxy groups -OCH3 is 1. The zero-order valence-electron chi connectivity index (χ0n) is 11.2. The molecule has 108 valence electrons. The predicted molar refractivity (Wildman–Crippen MR) is 72.4 cm³/mol. The molecule has 0 radical (unpaired) electrons. The third-order valence-electron chi connectivity index (χ3n) is 3.36. The highest BCUT2D eigenvalue weighted by Crippen LogP contribution is 2.22. The summed E-state index contributed by atoms with van der Waals surface area (Å²) in [5, 5.41) is 0.242. The number of carbonyl (C=O) groups is 2. The summed E-state index contributed by atoms with van der Waals surface area (Å²) in [5.74, 6) is -0.528. The highest BCUT2D eigenvalue weighted by molar-refractivity contribution is 6.29. The average Bonchev–Trinajstić information content (AvgIpc) is 2.48. The van der Waals surface area contributed by atoms with Crippen molar-refractivity contribution in [1.82, 2.24) is 14.9 Å². The number of hydrogen-bond acceptors (Lipinski definition) is 5. The molecule has 1 aliphatic heterocycles.